The predicted molar refractivity (Wildman–Crippen MR) is 123 cm³/mol. The predicted octanol–water partition coefficient (Wildman–Crippen LogP) is 0.502. The van der Waals surface area contributed by atoms with Gasteiger partial charge in [0.1, 0.15) is 18.3 Å². The number of ether oxygens (including phenoxy) is 1. The van der Waals surface area contributed by atoms with Crippen LogP contribution >= 0.6 is 19.4 Å². The summed E-state index contributed by atoms with van der Waals surface area (Å²) in [7, 11) is -4.86. The topological polar surface area (TPSA) is 173 Å². The Hall–Kier alpha value is -2.67. The molecule has 3 heterocycles. The van der Waals surface area contributed by atoms with Crippen molar-refractivity contribution in [2.24, 2.45) is 0 Å². The molecule has 1 aliphatic rings. The molecule has 2 aromatic heterocycles. The molecule has 14 heteroatoms. The number of hydrogen-bond acceptors (Lipinski definition) is 8. The molecule has 3 aromatic rings. The minimum Gasteiger partial charge on any atom is -0.387 e. The van der Waals surface area contributed by atoms with E-state index >= 15 is 0 Å². The molecule has 1 aromatic carbocycles. The van der Waals surface area contributed by atoms with Gasteiger partial charge in [-0.2, -0.15) is 0 Å². The molecule has 12 nitrogen and oxygen atoms in total. The number of halogens is 1. The lowest BCUT2D eigenvalue weighted by molar-refractivity contribution is -0.0548. The molecule has 35 heavy (non-hydrogen) atoms. The number of aromatic nitrogens is 3. The van der Waals surface area contributed by atoms with Crippen LogP contribution in [0.4, 0.5) is 0 Å². The molecule has 0 amide bonds. The van der Waals surface area contributed by atoms with E-state index in [9.17, 15) is 24.4 Å². The van der Waals surface area contributed by atoms with E-state index in [1.54, 1.807) is 6.07 Å². The summed E-state index contributed by atoms with van der Waals surface area (Å²) in [5, 5.41) is 20.8. The second-order valence-electron chi connectivity index (χ2n) is 7.75. The fourth-order valence-electron chi connectivity index (χ4n) is 3.73. The van der Waals surface area contributed by atoms with Crippen LogP contribution in [0.5, 0.6) is 0 Å². The van der Waals surface area contributed by atoms with Crippen LogP contribution in [0.2, 0.25) is 5.02 Å². The Morgan fingerprint density at radius 2 is 1.80 bits per heavy atom. The molecule has 0 radical (unpaired) electrons. The Kier molecular flexibility index (Phi) is 7.36. The summed E-state index contributed by atoms with van der Waals surface area (Å²) >= 11 is 6.54. The average Bonchev–Trinajstić information content (AvgIpc) is 3.10. The van der Waals surface area contributed by atoms with Crippen molar-refractivity contribution in [2.75, 3.05) is 6.61 Å². The van der Waals surface area contributed by atoms with E-state index in [4.69, 9.17) is 26.1 Å². The number of aliphatic hydroxyl groups excluding tert-OH is 2. The zero-order valence-electron chi connectivity index (χ0n) is 17.9. The Morgan fingerprint density at radius 1 is 1.09 bits per heavy atom. The van der Waals surface area contributed by atoms with E-state index in [-0.39, 0.29) is 17.3 Å². The molecular formula is C21H21ClN3O9P. The second-order valence-corrected chi connectivity index (χ2v) is 9.37. The third-order valence-electron chi connectivity index (χ3n) is 5.47. The zero-order valence-corrected chi connectivity index (χ0v) is 19.6. The highest BCUT2D eigenvalue weighted by molar-refractivity contribution is 7.46. The maximum Gasteiger partial charge on any atom is 0.469 e. The minimum atomic E-state index is -4.86. The standard InChI is InChI=1S/C21H21ClN3O9P/c22-17-13(12-4-2-1-3-5-12)6-8-23-14(17)10-25-16(26)7-9-24(21(25)29)20-19(28)18(27)15(34-20)11-33-35(30,31)32/h1-9,15,18-20,27-28H,10-11H2,(H2,30,31,32)/t15-,18?,19?,20-/m1/s1. The number of pyridine rings is 1. The first kappa shape index (κ1) is 25.4. The number of nitrogens with zero attached hydrogens (tertiary/aromatic N) is 3. The Labute approximate surface area is 202 Å². The lowest BCUT2D eigenvalue weighted by atomic mass is 10.1. The van der Waals surface area contributed by atoms with Crippen molar-refractivity contribution in [1.29, 1.82) is 0 Å². The monoisotopic (exact) mass is 525 g/mol. The van der Waals surface area contributed by atoms with Crippen LogP contribution in [-0.2, 0) is 20.4 Å². The van der Waals surface area contributed by atoms with Gasteiger partial charge in [0.25, 0.3) is 5.56 Å². The summed E-state index contributed by atoms with van der Waals surface area (Å²) in [6.07, 6.45) is -3.46. The van der Waals surface area contributed by atoms with Gasteiger partial charge in [0.2, 0.25) is 0 Å². The van der Waals surface area contributed by atoms with E-state index in [2.05, 4.69) is 9.51 Å². The van der Waals surface area contributed by atoms with Gasteiger partial charge in [0.05, 0.1) is 23.9 Å². The number of hydrogen-bond donors (Lipinski definition) is 4. The van der Waals surface area contributed by atoms with Gasteiger partial charge in [-0.1, -0.05) is 41.9 Å². The fourth-order valence-corrected chi connectivity index (χ4v) is 4.35. The van der Waals surface area contributed by atoms with Crippen LogP contribution in [0.1, 0.15) is 11.9 Å². The lowest BCUT2D eigenvalue weighted by Crippen LogP contribution is -2.43. The van der Waals surface area contributed by atoms with E-state index in [0.29, 0.717) is 5.56 Å². The molecule has 1 aliphatic heterocycles. The number of benzene rings is 1. The first-order valence-electron chi connectivity index (χ1n) is 10.3. The van der Waals surface area contributed by atoms with E-state index in [0.717, 1.165) is 27.0 Å². The number of phosphoric acid groups is 1. The molecule has 4 rings (SSSR count). The summed E-state index contributed by atoms with van der Waals surface area (Å²) in [5.74, 6) is 0. The fraction of sp³-hybridized carbons (Fsp3) is 0.286. The van der Waals surface area contributed by atoms with Crippen molar-refractivity contribution in [2.45, 2.75) is 31.1 Å². The van der Waals surface area contributed by atoms with E-state index in [1.807, 2.05) is 30.3 Å². The molecular weight excluding hydrogens is 505 g/mol. The molecule has 4 N–H and O–H groups in total. The normalized spacial score (nSPS) is 22.4. The van der Waals surface area contributed by atoms with Crippen molar-refractivity contribution in [3.05, 3.63) is 86.4 Å². The van der Waals surface area contributed by atoms with Crippen LogP contribution in [-0.4, -0.2) is 59.0 Å². The van der Waals surface area contributed by atoms with Crippen LogP contribution in [0, 0.1) is 0 Å². The average molecular weight is 526 g/mol. The highest BCUT2D eigenvalue weighted by Crippen LogP contribution is 2.38. The highest BCUT2D eigenvalue weighted by Gasteiger charge is 2.45. The largest absolute Gasteiger partial charge is 0.469 e. The van der Waals surface area contributed by atoms with Crippen molar-refractivity contribution in [1.82, 2.24) is 14.1 Å². The van der Waals surface area contributed by atoms with Crippen molar-refractivity contribution < 1.29 is 33.8 Å². The van der Waals surface area contributed by atoms with Crippen molar-refractivity contribution in [3.8, 4) is 11.1 Å². The van der Waals surface area contributed by atoms with Gasteiger partial charge in [-0.25, -0.2) is 9.36 Å². The van der Waals surface area contributed by atoms with Gasteiger partial charge >= 0.3 is 13.5 Å². The molecule has 0 spiro atoms. The quantitative estimate of drug-likeness (QED) is 0.318. The molecule has 2 unspecified atom stereocenters. The molecule has 186 valence electrons. The second kappa shape index (κ2) is 10.1. The first-order valence-corrected chi connectivity index (χ1v) is 12.2. The molecule has 0 bridgehead atoms. The summed E-state index contributed by atoms with van der Waals surface area (Å²) in [6.45, 7) is -1.02. The van der Waals surface area contributed by atoms with Gasteiger partial charge in [-0.3, -0.25) is 23.4 Å². The number of aliphatic hydroxyl groups is 2. The molecule has 1 fully saturated rings. The maximum atomic E-state index is 13.1. The van der Waals surface area contributed by atoms with E-state index < -0.39 is 50.2 Å². The van der Waals surface area contributed by atoms with Crippen LogP contribution < -0.4 is 11.2 Å². The van der Waals surface area contributed by atoms with Crippen LogP contribution in [0.25, 0.3) is 11.1 Å². The highest BCUT2D eigenvalue weighted by atomic mass is 35.5. The van der Waals surface area contributed by atoms with Gasteiger partial charge in [-0.05, 0) is 11.6 Å². The summed E-state index contributed by atoms with van der Waals surface area (Å²) in [4.78, 5) is 47.6. The van der Waals surface area contributed by atoms with Gasteiger partial charge in [0, 0.05) is 24.0 Å². The third kappa shape index (κ3) is 5.45. The lowest BCUT2D eigenvalue weighted by Gasteiger charge is -2.19. The molecule has 1 saturated heterocycles. The maximum absolute atomic E-state index is 13.1. The SMILES string of the molecule is O=c1ccn([C@@H]2O[C@H](COP(=O)(O)O)C(O)C2O)c(=O)n1Cc1nccc(-c2ccccc2)c1Cl. The zero-order chi connectivity index (χ0) is 25.3. The van der Waals surface area contributed by atoms with Crippen LogP contribution in [0.15, 0.2) is 64.4 Å². The van der Waals surface area contributed by atoms with Gasteiger partial charge in [-0.15, -0.1) is 0 Å². The van der Waals surface area contributed by atoms with Gasteiger partial charge in [0.15, 0.2) is 6.23 Å². The molecule has 0 saturated carbocycles. The Balaban J connectivity index is 1.64. The van der Waals surface area contributed by atoms with Crippen LogP contribution in [0.3, 0.4) is 0 Å². The summed E-state index contributed by atoms with van der Waals surface area (Å²) in [5.41, 5.74) is 0.189. The Morgan fingerprint density at radius 3 is 2.49 bits per heavy atom. The number of rotatable bonds is 7. The minimum absolute atomic E-state index is 0.252. The van der Waals surface area contributed by atoms with Crippen molar-refractivity contribution >= 4 is 19.4 Å². The summed E-state index contributed by atoms with van der Waals surface area (Å²) in [6, 6.07) is 12.0. The number of phosphoric ester groups is 1. The van der Waals surface area contributed by atoms with Gasteiger partial charge < -0.3 is 24.7 Å². The molecule has 4 atom stereocenters. The van der Waals surface area contributed by atoms with E-state index in [1.165, 1.54) is 6.20 Å². The smallest absolute Gasteiger partial charge is 0.387 e. The summed E-state index contributed by atoms with van der Waals surface area (Å²) < 4.78 is 22.4. The van der Waals surface area contributed by atoms with Crippen molar-refractivity contribution in [3.63, 3.8) is 0 Å². The Bertz CT molecular complexity index is 1370. The first-order chi connectivity index (χ1) is 16.6. The third-order valence-corrected chi connectivity index (χ3v) is 6.38. The molecule has 0 aliphatic carbocycles.